The normalized spacial score (nSPS) is 9.24. The molecule has 0 spiro atoms. The highest BCUT2D eigenvalue weighted by atomic mass is 32.1. The van der Waals surface area contributed by atoms with Gasteiger partial charge in [-0.25, -0.2) is 4.98 Å². The number of anilines is 2. The minimum Gasteiger partial charge on any atom is -0.494 e. The number of nitriles is 3. The maximum absolute atomic E-state index is 9.03. The number of aromatic nitrogens is 1. The third-order valence-corrected chi connectivity index (χ3v) is 3.38. The second-order valence-corrected chi connectivity index (χ2v) is 4.85. The summed E-state index contributed by atoms with van der Waals surface area (Å²) in [5.41, 5.74) is 6.37. The number of nitrogens with two attached hydrogens (primary N) is 1. The highest BCUT2D eigenvalue weighted by molar-refractivity contribution is 7.22. The number of fused-ring (bicyclic) bond motifs is 1. The third-order valence-electron chi connectivity index (χ3n) is 2.55. The van der Waals surface area contributed by atoms with E-state index in [1.54, 1.807) is 30.3 Å². The first-order valence-corrected chi connectivity index (χ1v) is 6.40. The van der Waals surface area contributed by atoms with Crippen molar-refractivity contribution in [2.24, 2.45) is 0 Å². The van der Waals surface area contributed by atoms with Crippen molar-refractivity contribution in [1.82, 2.24) is 4.98 Å². The molecule has 21 heavy (non-hydrogen) atoms. The van der Waals surface area contributed by atoms with Crippen molar-refractivity contribution in [2.75, 3.05) is 18.2 Å². The van der Waals surface area contributed by atoms with Gasteiger partial charge in [-0.2, -0.15) is 15.8 Å². The number of ether oxygens (including phenoxy) is 1. The molecule has 7 nitrogen and oxygen atoms in total. The summed E-state index contributed by atoms with van der Waals surface area (Å²) in [5.74, 6) is 0.482. The van der Waals surface area contributed by atoms with Crippen LogP contribution in [0.4, 0.5) is 10.8 Å². The fourth-order valence-corrected chi connectivity index (χ4v) is 2.46. The second-order valence-electron chi connectivity index (χ2n) is 3.79. The highest BCUT2D eigenvalue weighted by Crippen LogP contribution is 2.34. The molecule has 0 fully saturated rings. The fourth-order valence-electron chi connectivity index (χ4n) is 1.67. The number of nitrogen functional groups attached to an aromatic ring is 1. The zero-order valence-corrected chi connectivity index (χ0v) is 11.7. The van der Waals surface area contributed by atoms with Crippen molar-refractivity contribution in [3.05, 3.63) is 23.4 Å². The van der Waals surface area contributed by atoms with Gasteiger partial charge in [0.2, 0.25) is 0 Å². The van der Waals surface area contributed by atoms with Crippen molar-refractivity contribution < 1.29 is 4.74 Å². The standard InChI is InChI=1S/C13H8N6OS/c1-20-10-2-8(3-11-12(10)19-13(17)21-11)18-9(6-16)7(4-14)5-15/h2-3,18H,1H3,(H2,17,19). The molecule has 0 radical (unpaired) electrons. The van der Waals surface area contributed by atoms with Gasteiger partial charge in [0.15, 0.2) is 10.7 Å². The van der Waals surface area contributed by atoms with Gasteiger partial charge >= 0.3 is 0 Å². The summed E-state index contributed by atoms with van der Waals surface area (Å²) < 4.78 is 6.00. The number of hydrogen-bond donors (Lipinski definition) is 2. The van der Waals surface area contributed by atoms with Crippen LogP contribution >= 0.6 is 11.3 Å². The first-order valence-electron chi connectivity index (χ1n) is 5.58. The molecule has 0 bridgehead atoms. The lowest BCUT2D eigenvalue weighted by atomic mass is 10.2. The minimum absolute atomic E-state index is 0.126. The molecule has 2 rings (SSSR count). The quantitative estimate of drug-likeness (QED) is 0.829. The maximum Gasteiger partial charge on any atom is 0.181 e. The Morgan fingerprint density at radius 3 is 2.57 bits per heavy atom. The summed E-state index contributed by atoms with van der Waals surface area (Å²) in [6.07, 6.45) is 0. The summed E-state index contributed by atoms with van der Waals surface area (Å²) in [6, 6.07) is 8.45. The molecule has 0 atom stereocenters. The van der Waals surface area contributed by atoms with E-state index in [-0.39, 0.29) is 11.3 Å². The highest BCUT2D eigenvalue weighted by Gasteiger charge is 2.12. The van der Waals surface area contributed by atoms with Gasteiger partial charge in [0.1, 0.15) is 35.2 Å². The lowest BCUT2D eigenvalue weighted by Crippen LogP contribution is -2.01. The topological polar surface area (TPSA) is 132 Å². The van der Waals surface area contributed by atoms with Gasteiger partial charge in [-0.05, 0) is 6.07 Å². The van der Waals surface area contributed by atoms with Crippen LogP contribution in [0.2, 0.25) is 0 Å². The van der Waals surface area contributed by atoms with Gasteiger partial charge in [-0.15, -0.1) is 0 Å². The van der Waals surface area contributed by atoms with E-state index < -0.39 is 0 Å². The van der Waals surface area contributed by atoms with Crippen LogP contribution in [-0.2, 0) is 0 Å². The van der Waals surface area contributed by atoms with E-state index >= 15 is 0 Å². The molecule has 3 N–H and O–H groups in total. The molecule has 0 aliphatic heterocycles. The van der Waals surface area contributed by atoms with Gasteiger partial charge < -0.3 is 15.8 Å². The molecular weight excluding hydrogens is 288 g/mol. The Balaban J connectivity index is 2.54. The molecule has 0 aliphatic rings. The monoisotopic (exact) mass is 296 g/mol. The van der Waals surface area contributed by atoms with Crippen LogP contribution in [0.5, 0.6) is 5.75 Å². The summed E-state index contributed by atoms with van der Waals surface area (Å²) in [6.45, 7) is 0. The molecule has 102 valence electrons. The Morgan fingerprint density at radius 2 is 2.00 bits per heavy atom. The predicted molar refractivity (Wildman–Crippen MR) is 78.1 cm³/mol. The summed E-state index contributed by atoms with van der Waals surface area (Å²) >= 11 is 1.27. The first-order chi connectivity index (χ1) is 10.1. The number of methoxy groups -OCH3 is 1. The molecule has 2 aromatic rings. The Labute approximate surface area is 124 Å². The minimum atomic E-state index is -0.291. The van der Waals surface area contributed by atoms with E-state index in [0.717, 1.165) is 4.70 Å². The Hall–Kier alpha value is -3.28. The lowest BCUT2D eigenvalue weighted by Gasteiger charge is -2.07. The lowest BCUT2D eigenvalue weighted by molar-refractivity contribution is 0.419. The van der Waals surface area contributed by atoms with Crippen LogP contribution < -0.4 is 15.8 Å². The van der Waals surface area contributed by atoms with E-state index in [2.05, 4.69) is 10.3 Å². The van der Waals surface area contributed by atoms with Gasteiger partial charge in [0, 0.05) is 11.8 Å². The summed E-state index contributed by atoms with van der Waals surface area (Å²) in [7, 11) is 1.49. The summed E-state index contributed by atoms with van der Waals surface area (Å²) in [5, 5.41) is 29.8. The molecular formula is C13H8N6OS. The molecule has 1 aromatic carbocycles. The Morgan fingerprint density at radius 1 is 1.29 bits per heavy atom. The summed E-state index contributed by atoms with van der Waals surface area (Å²) in [4.78, 5) is 4.15. The van der Waals surface area contributed by atoms with Gasteiger partial charge in [-0.1, -0.05) is 11.3 Å². The zero-order valence-electron chi connectivity index (χ0n) is 10.8. The molecule has 0 saturated heterocycles. The van der Waals surface area contributed by atoms with Crippen LogP contribution in [0.15, 0.2) is 23.4 Å². The average Bonchev–Trinajstić information content (AvgIpc) is 2.86. The van der Waals surface area contributed by atoms with Gasteiger partial charge in [0.25, 0.3) is 0 Å². The average molecular weight is 296 g/mol. The Kier molecular flexibility index (Phi) is 3.90. The molecule has 1 heterocycles. The molecule has 8 heteroatoms. The molecule has 1 aromatic heterocycles. The van der Waals surface area contributed by atoms with E-state index in [1.165, 1.54) is 18.4 Å². The Bertz CT molecular complexity index is 846. The van der Waals surface area contributed by atoms with Crippen molar-refractivity contribution in [2.45, 2.75) is 0 Å². The molecule has 0 aliphatic carbocycles. The van der Waals surface area contributed by atoms with Gasteiger partial charge in [-0.3, -0.25) is 0 Å². The van der Waals surface area contributed by atoms with Crippen molar-refractivity contribution in [3.8, 4) is 24.0 Å². The second kappa shape index (κ2) is 5.79. The third kappa shape index (κ3) is 2.69. The number of rotatable bonds is 3. The van der Waals surface area contributed by atoms with E-state index in [1.807, 2.05) is 0 Å². The number of nitrogens with zero attached hydrogens (tertiary/aromatic N) is 4. The van der Waals surface area contributed by atoms with Crippen molar-refractivity contribution in [3.63, 3.8) is 0 Å². The molecule has 0 amide bonds. The van der Waals surface area contributed by atoms with E-state index in [4.69, 9.17) is 26.3 Å². The number of hydrogen-bond acceptors (Lipinski definition) is 8. The zero-order chi connectivity index (χ0) is 15.4. The van der Waals surface area contributed by atoms with E-state index in [0.29, 0.717) is 22.1 Å². The number of thiazole rings is 1. The smallest absolute Gasteiger partial charge is 0.181 e. The van der Waals surface area contributed by atoms with Crippen LogP contribution in [-0.4, -0.2) is 12.1 Å². The van der Waals surface area contributed by atoms with Crippen LogP contribution in [0.3, 0.4) is 0 Å². The van der Waals surface area contributed by atoms with Crippen molar-refractivity contribution >= 4 is 32.4 Å². The number of benzene rings is 1. The predicted octanol–water partition coefficient (Wildman–Crippen LogP) is 2.12. The van der Waals surface area contributed by atoms with E-state index in [9.17, 15) is 0 Å². The first kappa shape index (κ1) is 14.1. The van der Waals surface area contributed by atoms with Crippen LogP contribution in [0, 0.1) is 34.0 Å². The number of allylic oxidation sites excluding steroid dienone is 2. The molecule has 0 unspecified atom stereocenters. The van der Waals surface area contributed by atoms with Crippen molar-refractivity contribution in [1.29, 1.82) is 15.8 Å². The SMILES string of the molecule is COc1cc(NC(C#N)=C(C#N)C#N)cc2sc(N)nc12. The fraction of sp³-hybridized carbons (Fsp3) is 0.0769. The van der Waals surface area contributed by atoms with Crippen LogP contribution in [0.1, 0.15) is 0 Å². The maximum atomic E-state index is 9.03. The van der Waals surface area contributed by atoms with Crippen LogP contribution in [0.25, 0.3) is 10.2 Å². The van der Waals surface area contributed by atoms with Gasteiger partial charge in [0.05, 0.1) is 11.8 Å². The molecule has 0 saturated carbocycles. The number of nitrogens with one attached hydrogen (secondary N) is 1. The largest absolute Gasteiger partial charge is 0.494 e.